The number of rotatable bonds is 2. The Labute approximate surface area is 120 Å². The maximum Gasteiger partial charge on any atom is 0.339 e. The highest BCUT2D eigenvalue weighted by Gasteiger charge is 2.19. The summed E-state index contributed by atoms with van der Waals surface area (Å²) >= 11 is 0. The molecule has 0 fully saturated rings. The first-order valence-electron chi connectivity index (χ1n) is 6.70. The fraction of sp³-hybridized carbons (Fsp3) is 0.278. The number of allylic oxidation sites excluding steroid dienone is 1. The Kier molecular flexibility index (Phi) is 3.67. The lowest BCUT2D eigenvalue weighted by molar-refractivity contribution is 0.00719. The summed E-state index contributed by atoms with van der Waals surface area (Å²) in [5.74, 6) is -0.290. The fourth-order valence-electron chi connectivity index (χ4n) is 2.05. The Hall–Kier alpha value is -2.09. The van der Waals surface area contributed by atoms with Gasteiger partial charge in [0.05, 0.1) is 5.56 Å². The van der Waals surface area contributed by atoms with Crippen molar-refractivity contribution >= 4 is 22.3 Å². The highest BCUT2D eigenvalue weighted by molar-refractivity contribution is 6.05. The number of hydrogen-bond acceptors (Lipinski definition) is 2. The minimum absolute atomic E-state index is 0.290. The third-order valence-electron chi connectivity index (χ3n) is 2.99. The molecule has 0 aliphatic carbocycles. The van der Waals surface area contributed by atoms with Crippen LogP contribution in [0.25, 0.3) is 16.3 Å². The summed E-state index contributed by atoms with van der Waals surface area (Å²) in [6.07, 6.45) is 0. The molecule has 0 radical (unpaired) electrons. The van der Waals surface area contributed by atoms with Gasteiger partial charge in [-0.25, -0.2) is 4.79 Å². The molecule has 2 nitrogen and oxygen atoms in total. The van der Waals surface area contributed by atoms with Crippen LogP contribution < -0.4 is 0 Å². The molecular weight excluding hydrogens is 248 g/mol. The monoisotopic (exact) mass is 268 g/mol. The third kappa shape index (κ3) is 3.08. The lowest BCUT2D eigenvalue weighted by atomic mass is 9.99. The zero-order chi connectivity index (χ0) is 14.9. The van der Waals surface area contributed by atoms with E-state index < -0.39 is 5.60 Å². The van der Waals surface area contributed by atoms with Gasteiger partial charge in [-0.1, -0.05) is 36.4 Å². The maximum absolute atomic E-state index is 12.3. The molecule has 0 amide bonds. The van der Waals surface area contributed by atoms with Crippen molar-refractivity contribution in [2.45, 2.75) is 33.3 Å². The molecule has 2 heteroatoms. The van der Waals surface area contributed by atoms with E-state index >= 15 is 0 Å². The molecule has 0 spiro atoms. The summed E-state index contributed by atoms with van der Waals surface area (Å²) in [6, 6.07) is 11.7. The van der Waals surface area contributed by atoms with Gasteiger partial charge in [0.25, 0.3) is 0 Å². The average molecular weight is 268 g/mol. The van der Waals surface area contributed by atoms with E-state index in [2.05, 4.69) is 6.58 Å². The molecule has 0 aromatic heterocycles. The topological polar surface area (TPSA) is 26.3 Å². The Bertz CT molecular complexity index is 675. The van der Waals surface area contributed by atoms with Crippen molar-refractivity contribution in [3.63, 3.8) is 0 Å². The van der Waals surface area contributed by atoms with E-state index in [4.69, 9.17) is 4.74 Å². The zero-order valence-electron chi connectivity index (χ0n) is 12.5. The molecule has 0 N–H and O–H groups in total. The van der Waals surface area contributed by atoms with Crippen molar-refractivity contribution in [3.8, 4) is 0 Å². The van der Waals surface area contributed by atoms with Crippen molar-refractivity contribution in [1.82, 2.24) is 0 Å². The van der Waals surface area contributed by atoms with Gasteiger partial charge >= 0.3 is 5.97 Å². The first-order chi connectivity index (χ1) is 9.28. The summed E-state index contributed by atoms with van der Waals surface area (Å²) < 4.78 is 5.47. The van der Waals surface area contributed by atoms with Crippen molar-refractivity contribution < 1.29 is 9.53 Å². The van der Waals surface area contributed by atoms with Crippen LogP contribution >= 0.6 is 0 Å². The molecule has 0 aliphatic rings. The van der Waals surface area contributed by atoms with Crippen LogP contribution in [0.2, 0.25) is 0 Å². The standard InChI is InChI=1S/C18H20O2/c1-12(2)14-10-9-13-7-6-8-15(16(13)11-14)17(19)20-18(3,4)5/h6-11H,1H2,2-5H3. The fourth-order valence-corrected chi connectivity index (χ4v) is 2.05. The highest BCUT2D eigenvalue weighted by Crippen LogP contribution is 2.25. The van der Waals surface area contributed by atoms with Crippen molar-refractivity contribution in [3.05, 3.63) is 54.1 Å². The third-order valence-corrected chi connectivity index (χ3v) is 2.99. The maximum atomic E-state index is 12.3. The number of fused-ring (bicyclic) bond motifs is 1. The van der Waals surface area contributed by atoms with E-state index in [1.54, 1.807) is 6.07 Å². The van der Waals surface area contributed by atoms with Crippen molar-refractivity contribution in [2.24, 2.45) is 0 Å². The molecule has 0 atom stereocenters. The highest BCUT2D eigenvalue weighted by atomic mass is 16.6. The van der Waals surface area contributed by atoms with Gasteiger partial charge in [-0.05, 0) is 56.2 Å². The largest absolute Gasteiger partial charge is 0.456 e. The van der Waals surface area contributed by atoms with E-state index in [0.717, 1.165) is 21.9 Å². The van der Waals surface area contributed by atoms with Gasteiger partial charge in [-0.3, -0.25) is 0 Å². The van der Waals surface area contributed by atoms with Crippen LogP contribution in [0.5, 0.6) is 0 Å². The number of carbonyl (C=O) groups excluding carboxylic acids is 1. The molecule has 104 valence electrons. The minimum Gasteiger partial charge on any atom is -0.456 e. The van der Waals surface area contributed by atoms with Crippen molar-refractivity contribution in [2.75, 3.05) is 0 Å². The molecule has 0 heterocycles. The molecule has 2 rings (SSSR count). The number of ether oxygens (including phenoxy) is 1. The SMILES string of the molecule is C=C(C)c1ccc2cccc(C(=O)OC(C)(C)C)c2c1. The van der Waals surface area contributed by atoms with Gasteiger partial charge in [0.2, 0.25) is 0 Å². The lowest BCUT2D eigenvalue weighted by Crippen LogP contribution is -2.24. The molecule has 0 unspecified atom stereocenters. The second kappa shape index (κ2) is 5.12. The van der Waals surface area contributed by atoms with Crippen LogP contribution in [0.15, 0.2) is 43.0 Å². The molecule has 2 aromatic carbocycles. The van der Waals surface area contributed by atoms with E-state index in [-0.39, 0.29) is 5.97 Å². The predicted octanol–water partition coefficient (Wildman–Crippen LogP) is 4.83. The molecule has 0 aliphatic heterocycles. The summed E-state index contributed by atoms with van der Waals surface area (Å²) in [5, 5.41) is 1.93. The van der Waals surface area contributed by atoms with Gasteiger partial charge in [0.15, 0.2) is 0 Å². The van der Waals surface area contributed by atoms with E-state index in [1.165, 1.54) is 0 Å². The molecular formula is C18H20O2. The van der Waals surface area contributed by atoms with Gasteiger partial charge in [-0.15, -0.1) is 0 Å². The normalized spacial score (nSPS) is 11.4. The number of carbonyl (C=O) groups is 1. The molecule has 0 saturated heterocycles. The van der Waals surface area contributed by atoms with Gasteiger partial charge in [-0.2, -0.15) is 0 Å². The second-order valence-corrected chi connectivity index (χ2v) is 6.02. The Morgan fingerprint density at radius 3 is 2.45 bits per heavy atom. The van der Waals surface area contributed by atoms with Crippen LogP contribution in [-0.4, -0.2) is 11.6 Å². The lowest BCUT2D eigenvalue weighted by Gasteiger charge is -2.20. The predicted molar refractivity (Wildman–Crippen MR) is 83.8 cm³/mol. The van der Waals surface area contributed by atoms with Crippen LogP contribution in [0.1, 0.15) is 43.6 Å². The summed E-state index contributed by atoms with van der Waals surface area (Å²) in [7, 11) is 0. The Morgan fingerprint density at radius 2 is 1.85 bits per heavy atom. The zero-order valence-corrected chi connectivity index (χ0v) is 12.5. The molecule has 0 saturated carbocycles. The van der Waals surface area contributed by atoms with Gasteiger partial charge in [0.1, 0.15) is 5.60 Å². The average Bonchev–Trinajstić information content (AvgIpc) is 2.35. The number of benzene rings is 2. The summed E-state index contributed by atoms with van der Waals surface area (Å²) in [6.45, 7) is 11.5. The number of hydrogen-bond donors (Lipinski definition) is 0. The van der Waals surface area contributed by atoms with Crippen LogP contribution in [0.3, 0.4) is 0 Å². The van der Waals surface area contributed by atoms with E-state index in [0.29, 0.717) is 5.56 Å². The van der Waals surface area contributed by atoms with Crippen LogP contribution in [-0.2, 0) is 4.74 Å². The van der Waals surface area contributed by atoms with Crippen LogP contribution in [0, 0.1) is 0 Å². The Morgan fingerprint density at radius 1 is 1.15 bits per heavy atom. The van der Waals surface area contributed by atoms with Gasteiger partial charge in [0, 0.05) is 0 Å². The molecule has 0 bridgehead atoms. The first kappa shape index (κ1) is 14.3. The number of esters is 1. The Balaban J connectivity index is 2.55. The van der Waals surface area contributed by atoms with E-state index in [9.17, 15) is 4.79 Å². The van der Waals surface area contributed by atoms with E-state index in [1.807, 2.05) is 58.0 Å². The summed E-state index contributed by atoms with van der Waals surface area (Å²) in [4.78, 5) is 12.3. The quantitative estimate of drug-likeness (QED) is 0.729. The molecule has 20 heavy (non-hydrogen) atoms. The molecule has 2 aromatic rings. The summed E-state index contributed by atoms with van der Waals surface area (Å²) in [5.41, 5.74) is 2.12. The smallest absolute Gasteiger partial charge is 0.339 e. The van der Waals surface area contributed by atoms with Crippen LogP contribution in [0.4, 0.5) is 0 Å². The van der Waals surface area contributed by atoms with Gasteiger partial charge < -0.3 is 4.74 Å². The second-order valence-electron chi connectivity index (χ2n) is 6.02. The van der Waals surface area contributed by atoms with Crippen molar-refractivity contribution in [1.29, 1.82) is 0 Å². The first-order valence-corrected chi connectivity index (χ1v) is 6.70. The minimum atomic E-state index is -0.495.